The third-order valence-electron chi connectivity index (χ3n) is 3.56. The van der Waals surface area contributed by atoms with Crippen LogP contribution < -0.4 is 10.5 Å². The normalized spacial score (nSPS) is 23.9. The van der Waals surface area contributed by atoms with Crippen LogP contribution in [0, 0.1) is 0 Å². The predicted molar refractivity (Wildman–Crippen MR) is 76.8 cm³/mol. The van der Waals surface area contributed by atoms with Crippen LogP contribution in [0.25, 0.3) is 0 Å². The van der Waals surface area contributed by atoms with Crippen molar-refractivity contribution in [3.05, 3.63) is 24.3 Å². The van der Waals surface area contributed by atoms with Gasteiger partial charge in [-0.25, -0.2) is 13.1 Å². The van der Waals surface area contributed by atoms with E-state index in [9.17, 15) is 16.8 Å². The summed E-state index contributed by atoms with van der Waals surface area (Å²) in [7, 11) is -8.10. The third kappa shape index (κ3) is 4.01. The molecule has 2 rings (SSSR count). The van der Waals surface area contributed by atoms with E-state index in [0.717, 1.165) is 43.5 Å². The van der Waals surface area contributed by atoms with Crippen molar-refractivity contribution in [2.75, 3.05) is 0 Å². The largest absolute Gasteiger partial charge is 0.326 e. The smallest absolute Gasteiger partial charge is 0.294 e. The van der Waals surface area contributed by atoms with Crippen LogP contribution in [0.5, 0.6) is 0 Å². The number of nitrogens with two attached hydrogens (primary N) is 1. The van der Waals surface area contributed by atoms with E-state index in [1.807, 2.05) is 0 Å². The van der Waals surface area contributed by atoms with Gasteiger partial charge in [0.05, 0.1) is 9.79 Å². The summed E-state index contributed by atoms with van der Waals surface area (Å²) >= 11 is 0. The van der Waals surface area contributed by atoms with Crippen LogP contribution in [0.15, 0.2) is 34.1 Å². The second-order valence-corrected chi connectivity index (χ2v) is 8.26. The van der Waals surface area contributed by atoms with Crippen molar-refractivity contribution in [2.24, 2.45) is 5.73 Å². The van der Waals surface area contributed by atoms with Crippen molar-refractivity contribution < 1.29 is 21.4 Å². The van der Waals surface area contributed by atoms with Crippen LogP contribution in [-0.4, -0.2) is 33.5 Å². The van der Waals surface area contributed by atoms with Crippen molar-refractivity contribution in [3.63, 3.8) is 0 Å². The second-order valence-electron chi connectivity index (χ2n) is 5.12. The van der Waals surface area contributed by atoms with Gasteiger partial charge >= 0.3 is 0 Å². The fourth-order valence-corrected chi connectivity index (χ4v) is 4.17. The minimum Gasteiger partial charge on any atom is -0.326 e. The zero-order valence-electron chi connectivity index (χ0n) is 11.3. The maximum atomic E-state index is 12.2. The van der Waals surface area contributed by atoms with Gasteiger partial charge in [0.15, 0.2) is 0 Å². The third-order valence-corrected chi connectivity index (χ3v) is 5.93. The molecule has 9 heteroatoms. The van der Waals surface area contributed by atoms with Crippen LogP contribution in [0.3, 0.4) is 0 Å². The van der Waals surface area contributed by atoms with Gasteiger partial charge in [0.2, 0.25) is 10.0 Å². The first-order chi connectivity index (χ1) is 9.70. The first-order valence-electron chi connectivity index (χ1n) is 6.55. The molecule has 2 unspecified atom stereocenters. The zero-order chi connectivity index (χ0) is 15.7. The lowest BCUT2D eigenvalue weighted by molar-refractivity contribution is 0.361. The van der Waals surface area contributed by atoms with E-state index in [1.54, 1.807) is 0 Å². The molecule has 7 nitrogen and oxygen atoms in total. The number of hydrogen-bond acceptors (Lipinski definition) is 5. The highest BCUT2D eigenvalue weighted by atomic mass is 32.2. The van der Waals surface area contributed by atoms with Gasteiger partial charge in [-0.1, -0.05) is 12.8 Å². The quantitative estimate of drug-likeness (QED) is 0.688. The summed E-state index contributed by atoms with van der Waals surface area (Å²) in [6.45, 7) is 0. The molecule has 0 aliphatic heterocycles. The zero-order valence-corrected chi connectivity index (χ0v) is 12.9. The minimum absolute atomic E-state index is 0.0623. The number of rotatable bonds is 4. The highest BCUT2D eigenvalue weighted by Gasteiger charge is 2.27. The number of benzene rings is 1. The van der Waals surface area contributed by atoms with Crippen LogP contribution in [-0.2, 0) is 20.1 Å². The van der Waals surface area contributed by atoms with Gasteiger partial charge in [0, 0.05) is 12.1 Å². The summed E-state index contributed by atoms with van der Waals surface area (Å²) in [4.78, 5) is -0.413. The summed E-state index contributed by atoms with van der Waals surface area (Å²) in [5, 5.41) is 0. The Hall–Kier alpha value is -1.00. The highest BCUT2D eigenvalue weighted by Crippen LogP contribution is 2.20. The number of sulfonamides is 1. The monoisotopic (exact) mass is 334 g/mol. The molecular formula is C12H18N2O5S2. The molecule has 118 valence electrons. The van der Waals surface area contributed by atoms with Gasteiger partial charge in [0.1, 0.15) is 0 Å². The van der Waals surface area contributed by atoms with E-state index in [2.05, 4.69) is 4.72 Å². The lowest BCUT2D eigenvalue weighted by Crippen LogP contribution is -2.49. The second kappa shape index (κ2) is 6.01. The van der Waals surface area contributed by atoms with Crippen LogP contribution in [0.2, 0.25) is 0 Å². The molecule has 1 fully saturated rings. The summed E-state index contributed by atoms with van der Waals surface area (Å²) < 4.78 is 57.7. The van der Waals surface area contributed by atoms with E-state index >= 15 is 0 Å². The van der Waals surface area contributed by atoms with Crippen molar-refractivity contribution >= 4 is 20.1 Å². The maximum absolute atomic E-state index is 12.2. The molecule has 1 saturated carbocycles. The van der Waals surface area contributed by atoms with E-state index in [1.165, 1.54) is 0 Å². The minimum atomic E-state index is -4.34. The molecule has 2 atom stereocenters. The fraction of sp³-hybridized carbons (Fsp3) is 0.500. The molecule has 0 amide bonds. The maximum Gasteiger partial charge on any atom is 0.294 e. The Morgan fingerprint density at radius 3 is 2.05 bits per heavy atom. The van der Waals surface area contributed by atoms with Gasteiger partial charge in [0.25, 0.3) is 10.1 Å². The number of nitrogens with one attached hydrogen (secondary N) is 1. The molecule has 21 heavy (non-hydrogen) atoms. The van der Waals surface area contributed by atoms with E-state index in [0.29, 0.717) is 6.42 Å². The Balaban J connectivity index is 2.19. The molecule has 0 bridgehead atoms. The molecule has 0 radical (unpaired) electrons. The van der Waals surface area contributed by atoms with Gasteiger partial charge in [-0.3, -0.25) is 4.55 Å². The Labute approximate surface area is 124 Å². The highest BCUT2D eigenvalue weighted by molar-refractivity contribution is 7.89. The molecule has 0 spiro atoms. The lowest BCUT2D eigenvalue weighted by atomic mass is 9.92. The Morgan fingerprint density at radius 1 is 1.00 bits per heavy atom. The predicted octanol–water partition coefficient (Wildman–Crippen LogP) is 0.482. The summed E-state index contributed by atoms with van der Waals surface area (Å²) in [5.41, 5.74) is 5.91. The Kier molecular flexibility index (Phi) is 4.69. The van der Waals surface area contributed by atoms with Gasteiger partial charge in [-0.15, -0.1) is 0 Å². The van der Waals surface area contributed by atoms with Gasteiger partial charge in [-0.2, -0.15) is 8.42 Å². The molecule has 1 aromatic carbocycles. The van der Waals surface area contributed by atoms with Crippen LogP contribution in [0.4, 0.5) is 0 Å². The van der Waals surface area contributed by atoms with Crippen LogP contribution in [0.1, 0.15) is 25.7 Å². The SMILES string of the molecule is NC1CCCCC1NS(=O)(=O)c1ccc(S(=O)(=O)O)cc1. The van der Waals surface area contributed by atoms with Crippen molar-refractivity contribution in [1.29, 1.82) is 0 Å². The van der Waals surface area contributed by atoms with E-state index in [-0.39, 0.29) is 21.9 Å². The number of hydrogen-bond donors (Lipinski definition) is 3. The summed E-state index contributed by atoms with van der Waals surface area (Å²) in [6, 6.07) is 3.84. The van der Waals surface area contributed by atoms with Crippen molar-refractivity contribution in [3.8, 4) is 0 Å². The van der Waals surface area contributed by atoms with Gasteiger partial charge in [-0.05, 0) is 37.1 Å². The lowest BCUT2D eigenvalue weighted by Gasteiger charge is -2.29. The van der Waals surface area contributed by atoms with Crippen LogP contribution >= 0.6 is 0 Å². The molecule has 1 aliphatic carbocycles. The van der Waals surface area contributed by atoms with E-state index in [4.69, 9.17) is 10.3 Å². The molecule has 1 aromatic rings. The summed E-state index contributed by atoms with van der Waals surface area (Å²) in [6.07, 6.45) is 3.36. The molecule has 0 aromatic heterocycles. The van der Waals surface area contributed by atoms with Crippen molar-refractivity contribution in [1.82, 2.24) is 4.72 Å². The van der Waals surface area contributed by atoms with Gasteiger partial charge < -0.3 is 5.73 Å². The standard InChI is InChI=1S/C12H18N2O5S2/c13-11-3-1-2-4-12(11)14-20(15,16)9-5-7-10(8-6-9)21(17,18)19/h5-8,11-12,14H,1-4,13H2,(H,17,18,19). The molecular weight excluding hydrogens is 316 g/mol. The van der Waals surface area contributed by atoms with Crippen molar-refractivity contribution in [2.45, 2.75) is 47.6 Å². The molecule has 1 aliphatic rings. The fourth-order valence-electron chi connectivity index (χ4n) is 2.36. The first-order valence-corrected chi connectivity index (χ1v) is 9.48. The first kappa shape index (κ1) is 16.4. The van der Waals surface area contributed by atoms with E-state index < -0.39 is 20.1 Å². The molecule has 4 N–H and O–H groups in total. The molecule has 0 heterocycles. The Bertz CT molecular complexity index is 698. The topological polar surface area (TPSA) is 127 Å². The average molecular weight is 334 g/mol. The molecule has 0 saturated heterocycles. The Morgan fingerprint density at radius 2 is 1.52 bits per heavy atom. The average Bonchev–Trinajstić information content (AvgIpc) is 2.40. The summed E-state index contributed by atoms with van der Waals surface area (Å²) in [5.74, 6) is 0.